The second-order valence-corrected chi connectivity index (χ2v) is 6.81. The number of hydrogen-bond acceptors (Lipinski definition) is 3. The Balaban J connectivity index is 1.63. The Morgan fingerprint density at radius 2 is 1.45 bits per heavy atom. The first-order chi connectivity index (χ1) is 13.9. The van der Waals surface area contributed by atoms with Crippen LogP contribution in [-0.2, 0) is 0 Å². The number of hydrogen-bond donors (Lipinski definition) is 3. The van der Waals surface area contributed by atoms with E-state index in [4.69, 9.17) is 23.8 Å². The standard InChI is InChI=1S/C21H15ClFN3O2S/c22-15-4-2-6-18(12-15)24-20(28)14-3-1-5-17(11-14)25-21(29)26-19(27)13-7-9-16(23)10-8-13/h1-12H,(H,24,28)(H2,25,26,27,29). The molecule has 3 rings (SSSR count). The van der Waals surface area contributed by atoms with Crippen LogP contribution in [0.3, 0.4) is 0 Å². The van der Waals surface area contributed by atoms with E-state index < -0.39 is 11.7 Å². The second kappa shape index (κ2) is 9.27. The molecule has 0 unspecified atom stereocenters. The van der Waals surface area contributed by atoms with E-state index in [-0.39, 0.29) is 16.6 Å². The van der Waals surface area contributed by atoms with Crippen LogP contribution in [-0.4, -0.2) is 16.9 Å². The van der Waals surface area contributed by atoms with Crippen LogP contribution < -0.4 is 16.0 Å². The molecule has 0 saturated heterocycles. The number of amides is 2. The first-order valence-electron chi connectivity index (χ1n) is 8.45. The van der Waals surface area contributed by atoms with Gasteiger partial charge in [-0.1, -0.05) is 23.7 Å². The molecule has 29 heavy (non-hydrogen) atoms. The van der Waals surface area contributed by atoms with Crippen LogP contribution in [0, 0.1) is 5.82 Å². The summed E-state index contributed by atoms with van der Waals surface area (Å²) in [6, 6.07) is 18.5. The SMILES string of the molecule is O=C(NC(=S)Nc1cccc(C(=O)Nc2cccc(Cl)c2)c1)c1ccc(F)cc1. The molecule has 0 atom stereocenters. The zero-order chi connectivity index (χ0) is 20.8. The van der Waals surface area contributed by atoms with Crippen molar-refractivity contribution in [1.29, 1.82) is 0 Å². The van der Waals surface area contributed by atoms with Crippen LogP contribution in [0.4, 0.5) is 15.8 Å². The van der Waals surface area contributed by atoms with Crippen LogP contribution in [0.5, 0.6) is 0 Å². The first kappa shape index (κ1) is 20.4. The first-order valence-corrected chi connectivity index (χ1v) is 9.24. The minimum atomic E-state index is -0.475. The second-order valence-electron chi connectivity index (χ2n) is 5.96. The minimum absolute atomic E-state index is 0.0479. The van der Waals surface area contributed by atoms with E-state index in [1.54, 1.807) is 48.5 Å². The number of thiocarbonyl (C=S) groups is 1. The van der Waals surface area contributed by atoms with Gasteiger partial charge in [0.25, 0.3) is 11.8 Å². The maximum Gasteiger partial charge on any atom is 0.257 e. The average molecular weight is 428 g/mol. The molecule has 0 radical (unpaired) electrons. The lowest BCUT2D eigenvalue weighted by molar-refractivity contribution is 0.0976. The zero-order valence-corrected chi connectivity index (χ0v) is 16.5. The fraction of sp³-hybridized carbons (Fsp3) is 0. The van der Waals surface area contributed by atoms with E-state index in [0.717, 1.165) is 0 Å². The molecule has 0 aromatic heterocycles. The zero-order valence-electron chi connectivity index (χ0n) is 14.9. The van der Waals surface area contributed by atoms with Gasteiger partial charge in [-0.3, -0.25) is 14.9 Å². The van der Waals surface area contributed by atoms with E-state index in [0.29, 0.717) is 22.0 Å². The van der Waals surface area contributed by atoms with E-state index in [1.807, 2.05) is 0 Å². The van der Waals surface area contributed by atoms with E-state index in [9.17, 15) is 14.0 Å². The van der Waals surface area contributed by atoms with Gasteiger partial charge < -0.3 is 10.6 Å². The minimum Gasteiger partial charge on any atom is -0.332 e. The van der Waals surface area contributed by atoms with E-state index >= 15 is 0 Å². The van der Waals surface area contributed by atoms with Gasteiger partial charge in [0, 0.05) is 27.5 Å². The number of rotatable bonds is 4. The molecule has 146 valence electrons. The highest BCUT2D eigenvalue weighted by molar-refractivity contribution is 7.80. The molecule has 5 nitrogen and oxygen atoms in total. The van der Waals surface area contributed by atoms with Gasteiger partial charge in [-0.25, -0.2) is 4.39 Å². The van der Waals surface area contributed by atoms with Crippen molar-refractivity contribution in [3.8, 4) is 0 Å². The number of halogens is 2. The third-order valence-corrected chi connectivity index (χ3v) is 4.24. The smallest absolute Gasteiger partial charge is 0.257 e. The summed E-state index contributed by atoms with van der Waals surface area (Å²) in [6.45, 7) is 0. The van der Waals surface area contributed by atoms with Crippen molar-refractivity contribution in [2.75, 3.05) is 10.6 Å². The normalized spacial score (nSPS) is 10.1. The van der Waals surface area contributed by atoms with Crippen LogP contribution in [0.25, 0.3) is 0 Å². The lowest BCUT2D eigenvalue weighted by Gasteiger charge is -2.11. The molecule has 2 amide bonds. The quantitative estimate of drug-likeness (QED) is 0.520. The average Bonchev–Trinajstić information content (AvgIpc) is 2.68. The Kier molecular flexibility index (Phi) is 6.54. The van der Waals surface area contributed by atoms with Crippen molar-refractivity contribution in [1.82, 2.24) is 5.32 Å². The number of benzene rings is 3. The highest BCUT2D eigenvalue weighted by Gasteiger charge is 2.10. The molecular formula is C21H15ClFN3O2S. The van der Waals surface area contributed by atoms with Gasteiger partial charge in [-0.15, -0.1) is 0 Å². The highest BCUT2D eigenvalue weighted by Crippen LogP contribution is 2.17. The monoisotopic (exact) mass is 427 g/mol. The van der Waals surface area contributed by atoms with Crippen molar-refractivity contribution in [2.24, 2.45) is 0 Å². The van der Waals surface area contributed by atoms with Crippen LogP contribution >= 0.6 is 23.8 Å². The Labute approximate surface area is 176 Å². The van der Waals surface area contributed by atoms with Crippen molar-refractivity contribution in [2.45, 2.75) is 0 Å². The molecule has 0 aliphatic carbocycles. The van der Waals surface area contributed by atoms with Gasteiger partial charge in [0.2, 0.25) is 0 Å². The number of carbonyl (C=O) groups excluding carboxylic acids is 2. The van der Waals surface area contributed by atoms with Crippen LogP contribution in [0.15, 0.2) is 72.8 Å². The fourth-order valence-corrected chi connectivity index (χ4v) is 2.85. The Bertz CT molecular complexity index is 1070. The van der Waals surface area contributed by atoms with Gasteiger partial charge in [0.15, 0.2) is 5.11 Å². The summed E-state index contributed by atoms with van der Waals surface area (Å²) in [7, 11) is 0. The molecule has 3 aromatic rings. The molecule has 3 aromatic carbocycles. The van der Waals surface area contributed by atoms with Gasteiger partial charge in [0.05, 0.1) is 0 Å². The maximum absolute atomic E-state index is 13.0. The third-order valence-electron chi connectivity index (χ3n) is 3.80. The Morgan fingerprint density at radius 3 is 2.14 bits per heavy atom. The topological polar surface area (TPSA) is 70.2 Å². The summed E-state index contributed by atoms with van der Waals surface area (Å²) in [6.07, 6.45) is 0. The molecular weight excluding hydrogens is 413 g/mol. The summed E-state index contributed by atoms with van der Waals surface area (Å²) in [5.41, 5.74) is 1.75. The Morgan fingerprint density at radius 1 is 0.793 bits per heavy atom. The van der Waals surface area contributed by atoms with E-state index in [2.05, 4.69) is 16.0 Å². The number of carbonyl (C=O) groups is 2. The summed E-state index contributed by atoms with van der Waals surface area (Å²) >= 11 is 11.1. The molecule has 8 heteroatoms. The maximum atomic E-state index is 13.0. The van der Waals surface area contributed by atoms with Gasteiger partial charge >= 0.3 is 0 Å². The summed E-state index contributed by atoms with van der Waals surface area (Å²) in [5, 5.41) is 8.66. The van der Waals surface area contributed by atoms with Crippen molar-refractivity contribution in [3.05, 3.63) is 94.8 Å². The Hall–Kier alpha value is -3.29. The lowest BCUT2D eigenvalue weighted by atomic mass is 10.2. The fourth-order valence-electron chi connectivity index (χ4n) is 2.45. The predicted molar refractivity (Wildman–Crippen MR) is 116 cm³/mol. The summed E-state index contributed by atoms with van der Waals surface area (Å²) in [5.74, 6) is -1.23. The van der Waals surface area contributed by atoms with Crippen LogP contribution in [0.2, 0.25) is 5.02 Å². The molecule has 0 aliphatic heterocycles. The van der Waals surface area contributed by atoms with Crippen LogP contribution in [0.1, 0.15) is 20.7 Å². The third kappa shape index (κ3) is 5.84. The summed E-state index contributed by atoms with van der Waals surface area (Å²) < 4.78 is 13.0. The van der Waals surface area contributed by atoms with Gasteiger partial charge in [-0.2, -0.15) is 0 Å². The van der Waals surface area contributed by atoms with Crippen molar-refractivity contribution >= 4 is 52.1 Å². The van der Waals surface area contributed by atoms with Gasteiger partial charge in [0.1, 0.15) is 5.82 Å². The molecule has 0 aliphatic rings. The van der Waals surface area contributed by atoms with Crippen molar-refractivity contribution < 1.29 is 14.0 Å². The molecule has 0 spiro atoms. The molecule has 0 heterocycles. The predicted octanol–water partition coefficient (Wildman–Crippen LogP) is 4.86. The van der Waals surface area contributed by atoms with E-state index in [1.165, 1.54) is 24.3 Å². The summed E-state index contributed by atoms with van der Waals surface area (Å²) in [4.78, 5) is 24.6. The molecule has 0 fully saturated rings. The lowest BCUT2D eigenvalue weighted by Crippen LogP contribution is -2.34. The molecule has 3 N–H and O–H groups in total. The van der Waals surface area contributed by atoms with Gasteiger partial charge in [-0.05, 0) is 72.9 Å². The molecule has 0 bridgehead atoms. The number of anilines is 2. The number of nitrogens with one attached hydrogen (secondary N) is 3. The molecule has 0 saturated carbocycles. The van der Waals surface area contributed by atoms with Crippen molar-refractivity contribution in [3.63, 3.8) is 0 Å². The highest BCUT2D eigenvalue weighted by atomic mass is 35.5. The largest absolute Gasteiger partial charge is 0.332 e.